The van der Waals surface area contributed by atoms with Crippen molar-refractivity contribution in [2.24, 2.45) is 0 Å². The van der Waals surface area contributed by atoms with Crippen molar-refractivity contribution in [3.63, 3.8) is 0 Å². The highest BCUT2D eigenvalue weighted by atomic mass is 32.1. The zero-order chi connectivity index (χ0) is 13.2. The Hall–Kier alpha value is -1.14. The molecular formula is C12H20N4OS. The number of carbonyl (C=O) groups is 1. The Morgan fingerprint density at radius 1 is 1.44 bits per heavy atom. The normalized spacial score (nSPS) is 16.7. The van der Waals surface area contributed by atoms with Crippen LogP contribution < -0.4 is 10.6 Å². The minimum absolute atomic E-state index is 0.0223. The van der Waals surface area contributed by atoms with Crippen molar-refractivity contribution < 1.29 is 4.79 Å². The summed E-state index contributed by atoms with van der Waals surface area (Å²) >= 11 is 1.48. The SMILES string of the molecule is CC(C)(C)c1csc(NC(=O)N2CCNCC2)n1. The number of hydrogen-bond acceptors (Lipinski definition) is 4. The molecule has 2 amide bonds. The fourth-order valence-electron chi connectivity index (χ4n) is 1.71. The van der Waals surface area contributed by atoms with Crippen molar-refractivity contribution >= 4 is 22.5 Å². The average molecular weight is 268 g/mol. The molecule has 1 saturated heterocycles. The lowest BCUT2D eigenvalue weighted by Gasteiger charge is -2.27. The molecule has 18 heavy (non-hydrogen) atoms. The third-order valence-electron chi connectivity index (χ3n) is 2.89. The lowest BCUT2D eigenvalue weighted by atomic mass is 9.93. The number of amides is 2. The molecule has 1 aliphatic rings. The van der Waals surface area contributed by atoms with Crippen LogP contribution in [0.25, 0.3) is 0 Å². The Morgan fingerprint density at radius 3 is 2.67 bits per heavy atom. The van der Waals surface area contributed by atoms with Gasteiger partial charge in [0.05, 0.1) is 5.69 Å². The van der Waals surface area contributed by atoms with Crippen molar-refractivity contribution in [3.8, 4) is 0 Å². The van der Waals surface area contributed by atoms with Gasteiger partial charge >= 0.3 is 6.03 Å². The first-order valence-corrected chi connectivity index (χ1v) is 7.07. The molecule has 1 aromatic rings. The van der Waals surface area contributed by atoms with E-state index in [1.165, 1.54) is 11.3 Å². The molecule has 0 bridgehead atoms. The third-order valence-corrected chi connectivity index (χ3v) is 3.65. The number of anilines is 1. The molecule has 0 spiro atoms. The van der Waals surface area contributed by atoms with Gasteiger partial charge in [-0.15, -0.1) is 11.3 Å². The molecular weight excluding hydrogens is 248 g/mol. The zero-order valence-electron chi connectivity index (χ0n) is 11.1. The number of rotatable bonds is 1. The summed E-state index contributed by atoms with van der Waals surface area (Å²) in [5.74, 6) is 0. The highest BCUT2D eigenvalue weighted by molar-refractivity contribution is 7.13. The maximum atomic E-state index is 12.0. The van der Waals surface area contributed by atoms with E-state index in [0.717, 1.165) is 31.9 Å². The van der Waals surface area contributed by atoms with Crippen LogP contribution in [0.2, 0.25) is 0 Å². The summed E-state index contributed by atoms with van der Waals surface area (Å²) in [6, 6.07) is -0.0497. The molecule has 0 unspecified atom stereocenters. The number of thiazole rings is 1. The summed E-state index contributed by atoms with van der Waals surface area (Å²) in [6.07, 6.45) is 0. The largest absolute Gasteiger partial charge is 0.323 e. The number of hydrogen-bond donors (Lipinski definition) is 2. The third kappa shape index (κ3) is 3.20. The number of carbonyl (C=O) groups excluding carboxylic acids is 1. The van der Waals surface area contributed by atoms with E-state index in [1.54, 1.807) is 0 Å². The van der Waals surface area contributed by atoms with Gasteiger partial charge in [0, 0.05) is 37.0 Å². The van der Waals surface area contributed by atoms with Crippen LogP contribution in [0.15, 0.2) is 5.38 Å². The minimum atomic E-state index is -0.0497. The minimum Gasteiger partial charge on any atom is -0.322 e. The van der Waals surface area contributed by atoms with Gasteiger partial charge in [0.2, 0.25) is 0 Å². The predicted octanol–water partition coefficient (Wildman–Crippen LogP) is 1.88. The van der Waals surface area contributed by atoms with Gasteiger partial charge in [0.1, 0.15) is 0 Å². The van der Waals surface area contributed by atoms with E-state index in [-0.39, 0.29) is 11.4 Å². The Balaban J connectivity index is 1.96. The van der Waals surface area contributed by atoms with E-state index in [1.807, 2.05) is 10.3 Å². The molecule has 0 saturated carbocycles. The molecule has 0 radical (unpaired) electrons. The summed E-state index contributed by atoms with van der Waals surface area (Å²) < 4.78 is 0. The molecule has 1 fully saturated rings. The number of nitrogens with one attached hydrogen (secondary N) is 2. The molecule has 2 heterocycles. The second-order valence-corrected chi connectivity index (χ2v) is 6.31. The lowest BCUT2D eigenvalue weighted by Crippen LogP contribution is -2.48. The smallest absolute Gasteiger partial charge is 0.322 e. The first-order chi connectivity index (χ1) is 8.47. The number of nitrogens with zero attached hydrogens (tertiary/aromatic N) is 2. The van der Waals surface area contributed by atoms with Crippen molar-refractivity contribution in [1.29, 1.82) is 0 Å². The first kappa shape index (κ1) is 13.3. The summed E-state index contributed by atoms with van der Waals surface area (Å²) in [7, 11) is 0. The molecule has 100 valence electrons. The van der Waals surface area contributed by atoms with Gasteiger partial charge in [0.25, 0.3) is 0 Å². The lowest BCUT2D eigenvalue weighted by molar-refractivity contribution is 0.204. The summed E-state index contributed by atoms with van der Waals surface area (Å²) in [4.78, 5) is 18.3. The van der Waals surface area contributed by atoms with Gasteiger partial charge in [-0.25, -0.2) is 9.78 Å². The van der Waals surface area contributed by atoms with E-state index < -0.39 is 0 Å². The van der Waals surface area contributed by atoms with Crippen LogP contribution in [-0.2, 0) is 5.41 Å². The van der Waals surface area contributed by atoms with Crippen molar-refractivity contribution in [2.75, 3.05) is 31.5 Å². The summed E-state index contributed by atoms with van der Waals surface area (Å²) in [5, 5.41) is 8.78. The van der Waals surface area contributed by atoms with Crippen LogP contribution in [0.1, 0.15) is 26.5 Å². The van der Waals surface area contributed by atoms with Crippen LogP contribution in [0.5, 0.6) is 0 Å². The Kier molecular flexibility index (Phi) is 3.87. The highest BCUT2D eigenvalue weighted by Gasteiger charge is 2.20. The van der Waals surface area contributed by atoms with Gasteiger partial charge in [0.15, 0.2) is 5.13 Å². The van der Waals surface area contributed by atoms with Crippen molar-refractivity contribution in [1.82, 2.24) is 15.2 Å². The first-order valence-electron chi connectivity index (χ1n) is 6.19. The Morgan fingerprint density at radius 2 is 2.11 bits per heavy atom. The van der Waals surface area contributed by atoms with Crippen molar-refractivity contribution in [2.45, 2.75) is 26.2 Å². The van der Waals surface area contributed by atoms with Crippen LogP contribution in [-0.4, -0.2) is 42.1 Å². The molecule has 0 atom stereocenters. The van der Waals surface area contributed by atoms with Crippen LogP contribution >= 0.6 is 11.3 Å². The topological polar surface area (TPSA) is 57.3 Å². The van der Waals surface area contributed by atoms with Crippen LogP contribution in [0, 0.1) is 0 Å². The maximum Gasteiger partial charge on any atom is 0.323 e. The van der Waals surface area contributed by atoms with E-state index in [0.29, 0.717) is 5.13 Å². The molecule has 1 aliphatic heterocycles. The van der Waals surface area contributed by atoms with Crippen LogP contribution in [0.3, 0.4) is 0 Å². The van der Waals surface area contributed by atoms with Crippen molar-refractivity contribution in [3.05, 3.63) is 11.1 Å². The average Bonchev–Trinajstić information content (AvgIpc) is 2.78. The Bertz CT molecular complexity index is 418. The monoisotopic (exact) mass is 268 g/mol. The van der Waals surface area contributed by atoms with E-state index in [9.17, 15) is 4.79 Å². The molecule has 2 rings (SSSR count). The van der Waals surface area contributed by atoms with Gasteiger partial charge in [-0.05, 0) is 0 Å². The fraction of sp³-hybridized carbons (Fsp3) is 0.667. The van der Waals surface area contributed by atoms with Gasteiger partial charge in [-0.1, -0.05) is 20.8 Å². The van der Waals surface area contributed by atoms with Gasteiger partial charge < -0.3 is 10.2 Å². The molecule has 6 heteroatoms. The summed E-state index contributed by atoms with van der Waals surface area (Å²) in [5.41, 5.74) is 1.04. The van der Waals surface area contributed by atoms with E-state index in [4.69, 9.17) is 0 Å². The van der Waals surface area contributed by atoms with Gasteiger partial charge in [-0.2, -0.15) is 0 Å². The standard InChI is InChI=1S/C12H20N4OS/c1-12(2,3)9-8-18-10(14-9)15-11(17)16-6-4-13-5-7-16/h8,13H,4-7H2,1-3H3,(H,14,15,17). The maximum absolute atomic E-state index is 12.0. The molecule has 5 nitrogen and oxygen atoms in total. The molecule has 1 aromatic heterocycles. The quantitative estimate of drug-likeness (QED) is 0.817. The van der Waals surface area contributed by atoms with E-state index >= 15 is 0 Å². The number of aromatic nitrogens is 1. The molecule has 2 N–H and O–H groups in total. The predicted molar refractivity (Wildman–Crippen MR) is 74.3 cm³/mol. The fourth-order valence-corrected chi connectivity index (χ4v) is 2.64. The Labute approximate surface area is 112 Å². The summed E-state index contributed by atoms with van der Waals surface area (Å²) in [6.45, 7) is 9.57. The second kappa shape index (κ2) is 5.24. The molecule has 0 aliphatic carbocycles. The highest BCUT2D eigenvalue weighted by Crippen LogP contribution is 2.26. The zero-order valence-corrected chi connectivity index (χ0v) is 11.9. The molecule has 0 aromatic carbocycles. The number of urea groups is 1. The second-order valence-electron chi connectivity index (χ2n) is 5.46. The number of piperazine rings is 1. The van der Waals surface area contributed by atoms with Crippen LogP contribution in [0.4, 0.5) is 9.93 Å². The van der Waals surface area contributed by atoms with Gasteiger partial charge in [-0.3, -0.25) is 5.32 Å². The van der Waals surface area contributed by atoms with E-state index in [2.05, 4.69) is 36.4 Å².